The maximum atomic E-state index is 12.1. The molecule has 6 heteroatoms. The van der Waals surface area contributed by atoms with Crippen LogP contribution in [0.1, 0.15) is 40.0 Å². The Balaban J connectivity index is 2.59. The van der Waals surface area contributed by atoms with E-state index in [-0.39, 0.29) is 36.8 Å². The van der Waals surface area contributed by atoms with Crippen molar-refractivity contribution in [1.29, 1.82) is 0 Å². The molecule has 19 heavy (non-hydrogen) atoms. The van der Waals surface area contributed by atoms with Crippen LogP contribution in [0, 0.1) is 5.41 Å². The van der Waals surface area contributed by atoms with Crippen molar-refractivity contribution in [3.63, 3.8) is 0 Å². The Morgan fingerprint density at radius 3 is 2.47 bits per heavy atom. The zero-order valence-corrected chi connectivity index (χ0v) is 11.9. The van der Waals surface area contributed by atoms with E-state index in [2.05, 4.69) is 20.8 Å². The summed E-state index contributed by atoms with van der Waals surface area (Å²) >= 11 is 0. The van der Waals surface area contributed by atoms with Crippen LogP contribution in [0.15, 0.2) is 0 Å². The van der Waals surface area contributed by atoms with Gasteiger partial charge >= 0.3 is 0 Å². The van der Waals surface area contributed by atoms with Crippen molar-refractivity contribution in [3.8, 4) is 0 Å². The van der Waals surface area contributed by atoms with Crippen molar-refractivity contribution in [2.45, 2.75) is 58.2 Å². The first-order valence-corrected chi connectivity index (χ1v) is 6.62. The summed E-state index contributed by atoms with van der Waals surface area (Å²) in [6.45, 7) is 6.34. The quantitative estimate of drug-likeness (QED) is 0.645. The number of nitrogens with zero attached hydrogens (tertiary/aromatic N) is 1. The third kappa shape index (κ3) is 4.80. The Morgan fingerprint density at radius 1 is 1.42 bits per heavy atom. The van der Waals surface area contributed by atoms with E-state index in [1.54, 1.807) is 0 Å². The minimum atomic E-state index is -0.704. The van der Waals surface area contributed by atoms with E-state index in [1.165, 1.54) is 4.90 Å². The van der Waals surface area contributed by atoms with Gasteiger partial charge in [0.25, 0.3) is 0 Å². The lowest BCUT2D eigenvalue weighted by Crippen LogP contribution is -2.45. The van der Waals surface area contributed by atoms with E-state index >= 15 is 0 Å². The second-order valence-electron chi connectivity index (χ2n) is 6.58. The Kier molecular flexibility index (Phi) is 4.92. The number of carbonyl (C=O) groups excluding carboxylic acids is 2. The zero-order valence-electron chi connectivity index (χ0n) is 11.9. The SMILES string of the molecule is CC(C)(C)CC(N)CC(=O)N1CC(O)CC1C(N)=O. The van der Waals surface area contributed by atoms with Crippen LogP contribution in [0.4, 0.5) is 0 Å². The summed E-state index contributed by atoms with van der Waals surface area (Å²) in [5, 5.41) is 9.56. The number of carbonyl (C=O) groups is 2. The number of aliphatic hydroxyl groups excluding tert-OH is 1. The van der Waals surface area contributed by atoms with Gasteiger partial charge in [0, 0.05) is 25.4 Å². The third-order valence-electron chi connectivity index (χ3n) is 3.24. The fourth-order valence-corrected chi connectivity index (χ4v) is 2.56. The predicted molar refractivity (Wildman–Crippen MR) is 72.0 cm³/mol. The Labute approximate surface area is 114 Å². The van der Waals surface area contributed by atoms with Crippen LogP contribution in [0.2, 0.25) is 0 Å². The Hall–Kier alpha value is -1.14. The molecule has 1 fully saturated rings. The number of primary amides is 1. The van der Waals surface area contributed by atoms with Gasteiger partial charge in [0.2, 0.25) is 11.8 Å². The van der Waals surface area contributed by atoms with E-state index in [4.69, 9.17) is 11.5 Å². The molecule has 1 rings (SSSR count). The van der Waals surface area contributed by atoms with Crippen LogP contribution in [-0.4, -0.2) is 46.6 Å². The number of likely N-dealkylation sites (tertiary alicyclic amines) is 1. The van der Waals surface area contributed by atoms with Crippen molar-refractivity contribution >= 4 is 11.8 Å². The average Bonchev–Trinajstić information content (AvgIpc) is 2.57. The summed E-state index contributed by atoms with van der Waals surface area (Å²) < 4.78 is 0. The van der Waals surface area contributed by atoms with Crippen LogP contribution < -0.4 is 11.5 Å². The largest absolute Gasteiger partial charge is 0.391 e. The lowest BCUT2D eigenvalue weighted by atomic mass is 9.87. The number of nitrogens with two attached hydrogens (primary N) is 2. The van der Waals surface area contributed by atoms with Crippen LogP contribution in [0.25, 0.3) is 0 Å². The van der Waals surface area contributed by atoms with Crippen molar-refractivity contribution in [2.75, 3.05) is 6.54 Å². The Morgan fingerprint density at radius 2 is 2.00 bits per heavy atom. The summed E-state index contributed by atoms with van der Waals surface area (Å²) in [5.41, 5.74) is 11.3. The van der Waals surface area contributed by atoms with Gasteiger partial charge in [0.05, 0.1) is 6.10 Å². The maximum Gasteiger partial charge on any atom is 0.240 e. The second-order valence-corrected chi connectivity index (χ2v) is 6.58. The van der Waals surface area contributed by atoms with Gasteiger partial charge in [-0.25, -0.2) is 0 Å². The first-order chi connectivity index (χ1) is 8.60. The normalized spacial score (nSPS) is 25.4. The highest BCUT2D eigenvalue weighted by molar-refractivity contribution is 5.87. The average molecular weight is 271 g/mol. The van der Waals surface area contributed by atoms with Crippen LogP contribution in [-0.2, 0) is 9.59 Å². The number of hydrogen-bond donors (Lipinski definition) is 3. The molecule has 1 aliphatic rings. The summed E-state index contributed by atoms with van der Waals surface area (Å²) in [7, 11) is 0. The third-order valence-corrected chi connectivity index (χ3v) is 3.24. The standard InChI is InChI=1S/C13H25N3O3/c1-13(2,3)6-8(14)4-11(18)16-7-9(17)5-10(16)12(15)19/h8-10,17H,4-7,14H2,1-3H3,(H2,15,19). The fourth-order valence-electron chi connectivity index (χ4n) is 2.56. The maximum absolute atomic E-state index is 12.1. The lowest BCUT2D eigenvalue weighted by Gasteiger charge is -2.26. The molecule has 0 aromatic carbocycles. The number of amides is 2. The van der Waals surface area contributed by atoms with E-state index in [0.717, 1.165) is 6.42 Å². The van der Waals surface area contributed by atoms with Gasteiger partial charge < -0.3 is 21.5 Å². The number of rotatable bonds is 4. The first kappa shape index (κ1) is 15.9. The van der Waals surface area contributed by atoms with Gasteiger partial charge in [-0.05, 0) is 11.8 Å². The smallest absolute Gasteiger partial charge is 0.240 e. The fraction of sp³-hybridized carbons (Fsp3) is 0.846. The summed E-state index contributed by atoms with van der Waals surface area (Å²) in [6, 6.07) is -0.955. The second kappa shape index (κ2) is 5.88. The Bertz CT molecular complexity index is 352. The molecular weight excluding hydrogens is 246 g/mol. The molecule has 3 atom stereocenters. The van der Waals surface area contributed by atoms with Gasteiger partial charge in [-0.2, -0.15) is 0 Å². The highest BCUT2D eigenvalue weighted by Crippen LogP contribution is 2.23. The van der Waals surface area contributed by atoms with Gasteiger partial charge in [-0.3, -0.25) is 9.59 Å². The molecule has 0 aliphatic carbocycles. The number of aliphatic hydroxyl groups is 1. The minimum Gasteiger partial charge on any atom is -0.391 e. The summed E-state index contributed by atoms with van der Waals surface area (Å²) in [5.74, 6) is -0.786. The van der Waals surface area contributed by atoms with Crippen molar-refractivity contribution in [1.82, 2.24) is 4.90 Å². The van der Waals surface area contributed by atoms with Crippen LogP contribution in [0.3, 0.4) is 0 Å². The molecule has 0 saturated carbocycles. The first-order valence-electron chi connectivity index (χ1n) is 6.62. The minimum absolute atomic E-state index is 0.0489. The molecule has 0 aromatic rings. The number of β-amino-alcohol motifs (C(OH)–C–C–N with tert-alkyl or cyclic N) is 1. The van der Waals surface area contributed by atoms with Crippen LogP contribution in [0.5, 0.6) is 0 Å². The molecule has 0 radical (unpaired) electrons. The van der Waals surface area contributed by atoms with Crippen molar-refractivity contribution in [3.05, 3.63) is 0 Å². The van der Waals surface area contributed by atoms with Gasteiger partial charge in [0.1, 0.15) is 6.04 Å². The molecule has 1 saturated heterocycles. The molecule has 1 aliphatic heterocycles. The highest BCUT2D eigenvalue weighted by atomic mass is 16.3. The van der Waals surface area contributed by atoms with Crippen LogP contribution >= 0.6 is 0 Å². The monoisotopic (exact) mass is 271 g/mol. The van der Waals surface area contributed by atoms with Gasteiger partial charge in [-0.1, -0.05) is 20.8 Å². The van der Waals surface area contributed by atoms with E-state index in [1.807, 2.05) is 0 Å². The van der Waals surface area contributed by atoms with E-state index in [9.17, 15) is 14.7 Å². The molecule has 0 spiro atoms. The molecule has 0 bridgehead atoms. The molecule has 1 heterocycles. The molecule has 2 amide bonds. The molecule has 5 N–H and O–H groups in total. The zero-order chi connectivity index (χ0) is 14.8. The molecule has 110 valence electrons. The lowest BCUT2D eigenvalue weighted by molar-refractivity contribution is -0.137. The number of hydrogen-bond acceptors (Lipinski definition) is 4. The summed E-state index contributed by atoms with van der Waals surface area (Å²) in [4.78, 5) is 24.7. The highest BCUT2D eigenvalue weighted by Gasteiger charge is 2.38. The molecule has 6 nitrogen and oxygen atoms in total. The molecular formula is C13H25N3O3. The van der Waals surface area contributed by atoms with E-state index in [0.29, 0.717) is 0 Å². The topological polar surface area (TPSA) is 110 Å². The van der Waals surface area contributed by atoms with Gasteiger partial charge in [0.15, 0.2) is 0 Å². The van der Waals surface area contributed by atoms with E-state index < -0.39 is 18.1 Å². The van der Waals surface area contributed by atoms with Crippen molar-refractivity contribution < 1.29 is 14.7 Å². The van der Waals surface area contributed by atoms with Crippen molar-refractivity contribution in [2.24, 2.45) is 16.9 Å². The van der Waals surface area contributed by atoms with Gasteiger partial charge in [-0.15, -0.1) is 0 Å². The predicted octanol–water partition coefficient (Wildman–Crippen LogP) is -0.413. The molecule has 0 aromatic heterocycles. The molecule has 3 unspecified atom stereocenters. The summed E-state index contributed by atoms with van der Waals surface area (Å²) in [6.07, 6.45) is 0.431.